The van der Waals surface area contributed by atoms with Crippen molar-refractivity contribution < 1.29 is 19.0 Å². The molecule has 0 spiro atoms. The van der Waals surface area contributed by atoms with Crippen molar-refractivity contribution in [3.8, 4) is 11.5 Å². The number of aliphatic hydroxyl groups excluding tert-OH is 1. The van der Waals surface area contributed by atoms with Crippen LogP contribution in [0.15, 0.2) is 12.1 Å². The van der Waals surface area contributed by atoms with Gasteiger partial charge >= 0.3 is 0 Å². The molecule has 0 aliphatic heterocycles. The maximum absolute atomic E-state index is 13.3. The SMILES string of the molecule is COc1cc(F)c([C@H](C)O)cc1OC. The minimum absolute atomic E-state index is 0.197. The fourth-order valence-corrected chi connectivity index (χ4v) is 1.19. The van der Waals surface area contributed by atoms with Gasteiger partial charge in [0.1, 0.15) is 5.82 Å². The molecule has 0 aliphatic carbocycles. The zero-order valence-corrected chi connectivity index (χ0v) is 8.37. The van der Waals surface area contributed by atoms with E-state index in [1.54, 1.807) is 0 Å². The van der Waals surface area contributed by atoms with Crippen molar-refractivity contribution in [3.63, 3.8) is 0 Å². The Kier molecular flexibility index (Phi) is 3.30. The fourth-order valence-electron chi connectivity index (χ4n) is 1.19. The molecule has 0 aromatic heterocycles. The van der Waals surface area contributed by atoms with E-state index in [4.69, 9.17) is 9.47 Å². The van der Waals surface area contributed by atoms with Gasteiger partial charge in [-0.1, -0.05) is 0 Å². The Morgan fingerprint density at radius 2 is 1.71 bits per heavy atom. The molecule has 0 saturated carbocycles. The highest BCUT2D eigenvalue weighted by molar-refractivity contribution is 5.44. The van der Waals surface area contributed by atoms with E-state index in [0.717, 1.165) is 0 Å². The third-order valence-corrected chi connectivity index (χ3v) is 1.95. The molecule has 14 heavy (non-hydrogen) atoms. The highest BCUT2D eigenvalue weighted by Gasteiger charge is 2.13. The van der Waals surface area contributed by atoms with Crippen molar-refractivity contribution in [3.05, 3.63) is 23.5 Å². The quantitative estimate of drug-likeness (QED) is 0.809. The summed E-state index contributed by atoms with van der Waals surface area (Å²) in [6, 6.07) is 2.62. The minimum Gasteiger partial charge on any atom is -0.493 e. The first kappa shape index (κ1) is 10.8. The van der Waals surface area contributed by atoms with E-state index in [2.05, 4.69) is 0 Å². The third-order valence-electron chi connectivity index (χ3n) is 1.95. The van der Waals surface area contributed by atoms with Crippen LogP contribution in [0.3, 0.4) is 0 Å². The molecule has 0 heterocycles. The van der Waals surface area contributed by atoms with E-state index in [1.165, 1.54) is 33.3 Å². The summed E-state index contributed by atoms with van der Waals surface area (Å²) in [7, 11) is 2.89. The Hall–Kier alpha value is -1.29. The van der Waals surface area contributed by atoms with E-state index in [0.29, 0.717) is 11.5 Å². The maximum Gasteiger partial charge on any atom is 0.163 e. The number of methoxy groups -OCH3 is 2. The molecule has 1 aromatic rings. The van der Waals surface area contributed by atoms with Gasteiger partial charge in [-0.05, 0) is 13.0 Å². The van der Waals surface area contributed by atoms with Gasteiger partial charge in [0.25, 0.3) is 0 Å². The van der Waals surface area contributed by atoms with Crippen LogP contribution in [0, 0.1) is 5.82 Å². The van der Waals surface area contributed by atoms with Crippen LogP contribution in [0.5, 0.6) is 11.5 Å². The highest BCUT2D eigenvalue weighted by atomic mass is 19.1. The lowest BCUT2D eigenvalue weighted by molar-refractivity contribution is 0.193. The summed E-state index contributed by atoms with van der Waals surface area (Å²) in [5, 5.41) is 9.25. The normalized spacial score (nSPS) is 12.4. The average Bonchev–Trinajstić information content (AvgIpc) is 2.16. The van der Waals surface area contributed by atoms with Gasteiger partial charge in [-0.2, -0.15) is 0 Å². The largest absolute Gasteiger partial charge is 0.493 e. The summed E-state index contributed by atoms with van der Waals surface area (Å²) < 4.78 is 23.2. The van der Waals surface area contributed by atoms with Crippen LogP contribution < -0.4 is 9.47 Å². The van der Waals surface area contributed by atoms with Crippen LogP contribution >= 0.6 is 0 Å². The Morgan fingerprint density at radius 3 is 2.14 bits per heavy atom. The van der Waals surface area contributed by atoms with Crippen molar-refractivity contribution in [1.82, 2.24) is 0 Å². The molecule has 1 N–H and O–H groups in total. The average molecular weight is 200 g/mol. The first-order chi connectivity index (χ1) is 6.60. The molecule has 0 aliphatic rings. The van der Waals surface area contributed by atoms with Crippen molar-refractivity contribution in [2.75, 3.05) is 14.2 Å². The van der Waals surface area contributed by atoms with E-state index < -0.39 is 11.9 Å². The molecular formula is C10H13FO3. The fraction of sp³-hybridized carbons (Fsp3) is 0.400. The van der Waals surface area contributed by atoms with Crippen LogP contribution in [0.4, 0.5) is 4.39 Å². The molecule has 1 atom stereocenters. The number of benzene rings is 1. The standard InChI is InChI=1S/C10H13FO3/c1-6(12)7-4-9(13-2)10(14-3)5-8(7)11/h4-6,12H,1-3H3/t6-/m0/s1. The molecule has 1 aromatic carbocycles. The van der Waals surface area contributed by atoms with Gasteiger partial charge in [0, 0.05) is 11.6 Å². The van der Waals surface area contributed by atoms with Crippen LogP contribution in [-0.4, -0.2) is 19.3 Å². The number of hydrogen-bond acceptors (Lipinski definition) is 3. The summed E-state index contributed by atoms with van der Waals surface area (Å²) in [6.07, 6.45) is -0.866. The number of halogens is 1. The van der Waals surface area contributed by atoms with Gasteiger partial charge in [-0.3, -0.25) is 0 Å². The van der Waals surface area contributed by atoms with Crippen LogP contribution in [-0.2, 0) is 0 Å². The Morgan fingerprint density at radius 1 is 1.21 bits per heavy atom. The first-order valence-electron chi connectivity index (χ1n) is 4.19. The molecule has 0 unspecified atom stereocenters. The van der Waals surface area contributed by atoms with Crippen LogP contribution in [0.25, 0.3) is 0 Å². The van der Waals surface area contributed by atoms with Gasteiger partial charge in [0.2, 0.25) is 0 Å². The summed E-state index contributed by atoms with van der Waals surface area (Å²) in [4.78, 5) is 0. The van der Waals surface area contributed by atoms with Gasteiger partial charge in [-0.25, -0.2) is 4.39 Å². The molecule has 78 valence electrons. The molecule has 0 amide bonds. The summed E-state index contributed by atoms with van der Waals surface area (Å²) in [5.41, 5.74) is 0.197. The molecule has 0 fully saturated rings. The summed E-state index contributed by atoms with van der Waals surface area (Å²) >= 11 is 0. The predicted molar refractivity (Wildman–Crippen MR) is 50.1 cm³/mol. The van der Waals surface area contributed by atoms with Gasteiger partial charge in [0.15, 0.2) is 11.5 Å². The summed E-state index contributed by atoms with van der Waals surface area (Å²) in [6.45, 7) is 1.49. The second-order valence-corrected chi connectivity index (χ2v) is 2.90. The van der Waals surface area contributed by atoms with Gasteiger partial charge in [0.05, 0.1) is 20.3 Å². The Labute approximate surface area is 82.1 Å². The zero-order valence-electron chi connectivity index (χ0n) is 8.37. The molecule has 1 rings (SSSR count). The second-order valence-electron chi connectivity index (χ2n) is 2.90. The number of hydrogen-bond donors (Lipinski definition) is 1. The number of ether oxygens (including phenoxy) is 2. The van der Waals surface area contributed by atoms with Crippen LogP contribution in [0.2, 0.25) is 0 Å². The number of aliphatic hydroxyl groups is 1. The van der Waals surface area contributed by atoms with Crippen LogP contribution in [0.1, 0.15) is 18.6 Å². The number of rotatable bonds is 3. The molecular weight excluding hydrogens is 187 g/mol. The van der Waals surface area contributed by atoms with E-state index >= 15 is 0 Å². The molecule has 0 saturated heterocycles. The van der Waals surface area contributed by atoms with E-state index in [9.17, 15) is 9.50 Å². The van der Waals surface area contributed by atoms with E-state index in [1.807, 2.05) is 0 Å². The smallest absolute Gasteiger partial charge is 0.163 e. The second kappa shape index (κ2) is 4.28. The first-order valence-corrected chi connectivity index (χ1v) is 4.19. The van der Waals surface area contributed by atoms with Crippen molar-refractivity contribution in [2.24, 2.45) is 0 Å². The van der Waals surface area contributed by atoms with Crippen molar-refractivity contribution >= 4 is 0 Å². The summed E-state index contributed by atoms with van der Waals surface area (Å²) in [5.74, 6) is 0.219. The molecule has 4 heteroatoms. The van der Waals surface area contributed by atoms with Gasteiger partial charge in [-0.15, -0.1) is 0 Å². The Balaban J connectivity index is 3.23. The lowest BCUT2D eigenvalue weighted by atomic mass is 10.1. The monoisotopic (exact) mass is 200 g/mol. The van der Waals surface area contributed by atoms with Gasteiger partial charge < -0.3 is 14.6 Å². The van der Waals surface area contributed by atoms with E-state index in [-0.39, 0.29) is 5.56 Å². The lowest BCUT2D eigenvalue weighted by Gasteiger charge is -2.12. The predicted octanol–water partition coefficient (Wildman–Crippen LogP) is 1.90. The lowest BCUT2D eigenvalue weighted by Crippen LogP contribution is -1.99. The Bertz CT molecular complexity index is 323. The molecule has 0 bridgehead atoms. The van der Waals surface area contributed by atoms with Crippen molar-refractivity contribution in [2.45, 2.75) is 13.0 Å². The maximum atomic E-state index is 13.3. The highest BCUT2D eigenvalue weighted by Crippen LogP contribution is 2.32. The minimum atomic E-state index is -0.866. The molecule has 0 radical (unpaired) electrons. The van der Waals surface area contributed by atoms with Crippen molar-refractivity contribution in [1.29, 1.82) is 0 Å². The molecule has 3 nitrogen and oxygen atoms in total. The topological polar surface area (TPSA) is 38.7 Å². The zero-order chi connectivity index (χ0) is 10.7. The third kappa shape index (κ3) is 1.96.